The number of anilines is 1. The summed E-state index contributed by atoms with van der Waals surface area (Å²) in [5.41, 5.74) is 2.18. The van der Waals surface area contributed by atoms with Gasteiger partial charge in [0.25, 0.3) is 5.91 Å². The number of ether oxygens (including phenoxy) is 1. The number of carbonyl (C=O) groups excluding carboxylic acids is 1. The van der Waals surface area contributed by atoms with E-state index in [4.69, 9.17) is 4.74 Å². The van der Waals surface area contributed by atoms with Crippen LogP contribution in [0.2, 0.25) is 0 Å². The van der Waals surface area contributed by atoms with E-state index in [0.717, 1.165) is 50.0 Å². The summed E-state index contributed by atoms with van der Waals surface area (Å²) in [6.45, 7) is 4.56. The molecule has 1 amide bonds. The number of hydrogen-bond donors (Lipinski definition) is 2. The van der Waals surface area contributed by atoms with Crippen LogP contribution in [0.3, 0.4) is 0 Å². The number of aliphatic imine (C=N–C) groups is 1. The molecule has 1 atom stereocenters. The average molecular weight is 436 g/mol. The van der Waals surface area contributed by atoms with Gasteiger partial charge in [0, 0.05) is 26.7 Å². The molecule has 2 aliphatic rings. The largest absolute Gasteiger partial charge is 0.482 e. The van der Waals surface area contributed by atoms with Crippen molar-refractivity contribution < 1.29 is 9.53 Å². The predicted molar refractivity (Wildman–Crippen MR) is 128 cm³/mol. The number of guanidine groups is 1. The number of benzene rings is 2. The lowest BCUT2D eigenvalue weighted by atomic mass is 10.1. The van der Waals surface area contributed by atoms with Gasteiger partial charge in [0.05, 0.1) is 11.7 Å². The summed E-state index contributed by atoms with van der Waals surface area (Å²) >= 11 is 0. The molecule has 0 saturated carbocycles. The van der Waals surface area contributed by atoms with Crippen molar-refractivity contribution in [2.24, 2.45) is 4.99 Å². The number of amides is 1. The smallest absolute Gasteiger partial charge is 0.265 e. The SMILES string of the molecule is CN=C(NCCCN1C(=O)COc2ccccc21)NCC(c1ccccc1)N1CCCC1. The molecule has 0 aliphatic carbocycles. The van der Waals surface area contributed by atoms with E-state index in [2.05, 4.69) is 50.9 Å². The summed E-state index contributed by atoms with van der Waals surface area (Å²) in [7, 11) is 1.80. The number of fused-ring (bicyclic) bond motifs is 1. The summed E-state index contributed by atoms with van der Waals surface area (Å²) in [5.74, 6) is 1.56. The van der Waals surface area contributed by atoms with Gasteiger partial charge in [-0.25, -0.2) is 0 Å². The first-order valence-electron chi connectivity index (χ1n) is 11.5. The summed E-state index contributed by atoms with van der Waals surface area (Å²) in [5, 5.41) is 6.90. The van der Waals surface area contributed by atoms with E-state index in [1.54, 1.807) is 7.05 Å². The third kappa shape index (κ3) is 5.40. The maximum atomic E-state index is 12.3. The summed E-state index contributed by atoms with van der Waals surface area (Å²) in [4.78, 5) is 21.1. The van der Waals surface area contributed by atoms with Crippen molar-refractivity contribution in [3.63, 3.8) is 0 Å². The second-order valence-electron chi connectivity index (χ2n) is 8.20. The van der Waals surface area contributed by atoms with Crippen LogP contribution in [0.1, 0.15) is 30.9 Å². The zero-order valence-corrected chi connectivity index (χ0v) is 18.8. The lowest BCUT2D eigenvalue weighted by Crippen LogP contribution is -2.44. The lowest BCUT2D eigenvalue weighted by Gasteiger charge is -2.30. The highest BCUT2D eigenvalue weighted by atomic mass is 16.5. The Bertz CT molecular complexity index is 912. The van der Waals surface area contributed by atoms with E-state index in [0.29, 0.717) is 12.6 Å². The summed E-state index contributed by atoms with van der Waals surface area (Å²) in [6.07, 6.45) is 3.34. The number of likely N-dealkylation sites (tertiary alicyclic amines) is 1. The van der Waals surface area contributed by atoms with Crippen molar-refractivity contribution in [2.75, 3.05) is 51.3 Å². The Morgan fingerprint density at radius 2 is 1.81 bits per heavy atom. The van der Waals surface area contributed by atoms with Gasteiger partial charge in [0.15, 0.2) is 12.6 Å². The third-order valence-electron chi connectivity index (χ3n) is 6.11. The molecule has 7 nitrogen and oxygen atoms in total. The van der Waals surface area contributed by atoms with E-state index in [1.807, 2.05) is 29.2 Å². The fraction of sp³-hybridized carbons (Fsp3) is 0.440. The van der Waals surface area contributed by atoms with Crippen molar-refractivity contribution in [3.8, 4) is 5.75 Å². The molecule has 1 saturated heterocycles. The Kier molecular flexibility index (Phi) is 7.61. The average Bonchev–Trinajstić information content (AvgIpc) is 3.37. The molecule has 2 aliphatic heterocycles. The minimum absolute atomic E-state index is 0.00234. The minimum Gasteiger partial charge on any atom is -0.482 e. The fourth-order valence-electron chi connectivity index (χ4n) is 4.44. The van der Waals surface area contributed by atoms with Crippen molar-refractivity contribution >= 4 is 17.6 Å². The molecule has 1 fully saturated rings. The molecular weight excluding hydrogens is 402 g/mol. The molecule has 2 N–H and O–H groups in total. The maximum absolute atomic E-state index is 12.3. The van der Waals surface area contributed by atoms with Crippen LogP contribution in [0.4, 0.5) is 5.69 Å². The first-order valence-corrected chi connectivity index (χ1v) is 11.5. The lowest BCUT2D eigenvalue weighted by molar-refractivity contribution is -0.121. The van der Waals surface area contributed by atoms with E-state index >= 15 is 0 Å². The van der Waals surface area contributed by atoms with Crippen LogP contribution in [0, 0.1) is 0 Å². The minimum atomic E-state index is 0.00234. The zero-order valence-electron chi connectivity index (χ0n) is 18.8. The quantitative estimate of drug-likeness (QED) is 0.379. The molecule has 0 aromatic heterocycles. The molecule has 0 spiro atoms. The molecule has 0 radical (unpaired) electrons. The van der Waals surface area contributed by atoms with Crippen LogP contribution < -0.4 is 20.3 Å². The molecular formula is C25H33N5O2. The van der Waals surface area contributed by atoms with Gasteiger partial charge < -0.3 is 20.3 Å². The monoisotopic (exact) mass is 435 g/mol. The highest BCUT2D eigenvalue weighted by molar-refractivity contribution is 5.97. The standard InChI is InChI=1S/C25H33N5O2/c1-26-25(28-18-22(29-15-7-8-16-29)20-10-3-2-4-11-20)27-14-9-17-30-21-12-5-6-13-23(21)32-19-24(30)31/h2-6,10-13,22H,7-9,14-19H2,1H3,(H2,26,27,28). The fourth-order valence-corrected chi connectivity index (χ4v) is 4.44. The van der Waals surface area contributed by atoms with E-state index in [9.17, 15) is 4.79 Å². The van der Waals surface area contributed by atoms with Crippen molar-refractivity contribution in [3.05, 3.63) is 60.2 Å². The van der Waals surface area contributed by atoms with Gasteiger partial charge in [0.2, 0.25) is 0 Å². The third-order valence-corrected chi connectivity index (χ3v) is 6.11. The van der Waals surface area contributed by atoms with Crippen LogP contribution in [0.5, 0.6) is 5.75 Å². The normalized spacial score (nSPS) is 17.6. The topological polar surface area (TPSA) is 69.2 Å². The van der Waals surface area contributed by atoms with Gasteiger partial charge in [0.1, 0.15) is 5.75 Å². The van der Waals surface area contributed by atoms with Crippen molar-refractivity contribution in [2.45, 2.75) is 25.3 Å². The summed E-state index contributed by atoms with van der Waals surface area (Å²) < 4.78 is 5.52. The van der Waals surface area contributed by atoms with Crippen molar-refractivity contribution in [1.29, 1.82) is 0 Å². The predicted octanol–water partition coefficient (Wildman–Crippen LogP) is 2.80. The molecule has 7 heteroatoms. The van der Waals surface area contributed by atoms with Gasteiger partial charge in [-0.05, 0) is 50.0 Å². The van der Waals surface area contributed by atoms with Gasteiger partial charge >= 0.3 is 0 Å². The first kappa shape index (κ1) is 22.1. The molecule has 2 aromatic rings. The van der Waals surface area contributed by atoms with Gasteiger partial charge in [-0.15, -0.1) is 0 Å². The van der Waals surface area contributed by atoms with Gasteiger partial charge in [-0.2, -0.15) is 0 Å². The number of nitrogens with zero attached hydrogens (tertiary/aromatic N) is 3. The highest BCUT2D eigenvalue weighted by Crippen LogP contribution is 2.31. The number of nitrogens with one attached hydrogen (secondary N) is 2. The molecule has 32 heavy (non-hydrogen) atoms. The van der Waals surface area contributed by atoms with Crippen LogP contribution in [0.15, 0.2) is 59.6 Å². The summed E-state index contributed by atoms with van der Waals surface area (Å²) in [6, 6.07) is 18.7. The van der Waals surface area contributed by atoms with E-state index in [1.165, 1.54) is 18.4 Å². The Labute approximate surface area is 190 Å². The number of rotatable bonds is 8. The Morgan fingerprint density at radius 3 is 2.59 bits per heavy atom. The van der Waals surface area contributed by atoms with Crippen LogP contribution >= 0.6 is 0 Å². The molecule has 0 bridgehead atoms. The van der Waals surface area contributed by atoms with Gasteiger partial charge in [-0.1, -0.05) is 42.5 Å². The number of para-hydroxylation sites is 2. The van der Waals surface area contributed by atoms with Crippen LogP contribution in [-0.4, -0.2) is 63.1 Å². The Hall–Kier alpha value is -3.06. The molecule has 2 aromatic carbocycles. The van der Waals surface area contributed by atoms with E-state index in [-0.39, 0.29) is 12.5 Å². The van der Waals surface area contributed by atoms with Crippen molar-refractivity contribution in [1.82, 2.24) is 15.5 Å². The molecule has 2 heterocycles. The second kappa shape index (κ2) is 11.0. The van der Waals surface area contributed by atoms with Crippen LogP contribution in [-0.2, 0) is 4.79 Å². The number of hydrogen-bond acceptors (Lipinski definition) is 4. The van der Waals surface area contributed by atoms with Crippen LogP contribution in [0.25, 0.3) is 0 Å². The van der Waals surface area contributed by atoms with Gasteiger partial charge in [-0.3, -0.25) is 14.7 Å². The number of carbonyl (C=O) groups is 1. The highest BCUT2D eigenvalue weighted by Gasteiger charge is 2.25. The molecule has 1 unspecified atom stereocenters. The Morgan fingerprint density at radius 1 is 1.06 bits per heavy atom. The van der Waals surface area contributed by atoms with E-state index < -0.39 is 0 Å². The first-order chi connectivity index (χ1) is 15.8. The molecule has 170 valence electrons. The maximum Gasteiger partial charge on any atom is 0.265 e. The molecule has 4 rings (SSSR count). The second-order valence-corrected chi connectivity index (χ2v) is 8.20. The zero-order chi connectivity index (χ0) is 22.2. The Balaban J connectivity index is 1.27.